The number of anilines is 1. The minimum absolute atomic E-state index is 0.140. The van der Waals surface area contributed by atoms with Crippen molar-refractivity contribution >= 4 is 29.8 Å². The molecule has 1 aromatic heterocycles. The second-order valence-electron chi connectivity index (χ2n) is 6.95. The van der Waals surface area contributed by atoms with Crippen molar-refractivity contribution < 1.29 is 23.9 Å². The highest BCUT2D eigenvalue weighted by Crippen LogP contribution is 2.25. The number of carboxylic acid groups (broad SMARTS) is 1. The van der Waals surface area contributed by atoms with E-state index in [1.165, 1.54) is 23.4 Å². The van der Waals surface area contributed by atoms with Gasteiger partial charge in [-0.3, -0.25) is 10.2 Å². The van der Waals surface area contributed by atoms with Crippen LogP contribution in [0.25, 0.3) is 11.1 Å². The number of rotatable bonds is 5. The van der Waals surface area contributed by atoms with Crippen LogP contribution in [-0.4, -0.2) is 71.0 Å². The predicted molar refractivity (Wildman–Crippen MR) is 114 cm³/mol. The van der Waals surface area contributed by atoms with Crippen LogP contribution in [0.4, 0.5) is 19.9 Å². The Balaban J connectivity index is 1.65. The fourth-order valence-electron chi connectivity index (χ4n) is 2.65. The molecule has 4 N–H and O–H groups in total. The lowest BCUT2D eigenvalue weighted by Crippen LogP contribution is -2.48. The van der Waals surface area contributed by atoms with Crippen LogP contribution in [0.5, 0.6) is 0 Å². The minimum atomic E-state index is -1.35. The van der Waals surface area contributed by atoms with Crippen LogP contribution < -0.4 is 16.0 Å². The Kier molecular flexibility index (Phi) is 6.77. The third-order valence-corrected chi connectivity index (χ3v) is 4.33. The Morgan fingerprint density at radius 2 is 2.00 bits per heavy atom. The first-order valence-electron chi connectivity index (χ1n) is 9.33. The third-order valence-electron chi connectivity index (χ3n) is 4.33. The summed E-state index contributed by atoms with van der Waals surface area (Å²) in [6.45, 7) is 0.681. The molecule has 168 valence electrons. The second kappa shape index (κ2) is 9.68. The Bertz CT molecular complexity index is 1060. The normalized spacial score (nSPS) is 13.3. The van der Waals surface area contributed by atoms with Crippen molar-refractivity contribution in [2.45, 2.75) is 6.54 Å². The number of hydrogen-bond donors (Lipinski definition) is 3. The molecular weight excluding hydrogens is 423 g/mol. The molecule has 1 aliphatic heterocycles. The van der Waals surface area contributed by atoms with Crippen molar-refractivity contribution in [3.63, 3.8) is 0 Å². The molecule has 1 saturated heterocycles. The van der Waals surface area contributed by atoms with E-state index in [1.807, 2.05) is 10.2 Å². The summed E-state index contributed by atoms with van der Waals surface area (Å²) < 4.78 is 14.9. The number of carbonyl (C=O) groups is 2. The van der Waals surface area contributed by atoms with Crippen molar-refractivity contribution in [3.8, 4) is 11.1 Å². The monoisotopic (exact) mass is 444 g/mol. The summed E-state index contributed by atoms with van der Waals surface area (Å²) in [6.07, 6.45) is 1.07. The number of guanidine groups is 1. The Morgan fingerprint density at radius 3 is 2.62 bits per heavy atom. The van der Waals surface area contributed by atoms with Crippen LogP contribution in [-0.2, 0) is 11.4 Å². The first-order chi connectivity index (χ1) is 15.2. The molecule has 2 amide bonds. The van der Waals surface area contributed by atoms with E-state index in [0.29, 0.717) is 30.3 Å². The molecule has 1 aliphatic rings. The summed E-state index contributed by atoms with van der Waals surface area (Å²) in [7, 11) is 3.12. The van der Waals surface area contributed by atoms with Crippen LogP contribution in [0.3, 0.4) is 0 Å². The predicted octanol–water partition coefficient (Wildman–Crippen LogP) is 1.24. The van der Waals surface area contributed by atoms with Gasteiger partial charge in [-0.1, -0.05) is 23.4 Å². The SMILES string of the molecule is CN(C)C(=O)ON=C1CN(c2ncc(-c3cccc(CN=C(N)NC(=O)O)c3F)cn2)C1. The second-order valence-corrected chi connectivity index (χ2v) is 6.95. The Labute approximate surface area is 182 Å². The number of oxime groups is 1. The summed E-state index contributed by atoms with van der Waals surface area (Å²) in [6, 6.07) is 4.74. The number of amides is 2. The summed E-state index contributed by atoms with van der Waals surface area (Å²) in [5.41, 5.74) is 7.06. The number of nitrogens with two attached hydrogens (primary N) is 1. The molecular formula is C19H21FN8O4. The van der Waals surface area contributed by atoms with Crippen LogP contribution in [0.2, 0.25) is 0 Å². The maximum atomic E-state index is 14.9. The number of benzene rings is 1. The smallest absolute Gasteiger partial charge is 0.435 e. The third kappa shape index (κ3) is 5.44. The van der Waals surface area contributed by atoms with Gasteiger partial charge in [0, 0.05) is 43.2 Å². The number of carbonyl (C=O) groups excluding carboxylic acids is 1. The van der Waals surface area contributed by atoms with Gasteiger partial charge in [-0.05, 0) is 0 Å². The first kappa shape index (κ1) is 22.4. The van der Waals surface area contributed by atoms with Crippen LogP contribution in [0.15, 0.2) is 40.7 Å². The van der Waals surface area contributed by atoms with Crippen molar-refractivity contribution in [2.24, 2.45) is 15.9 Å². The van der Waals surface area contributed by atoms with E-state index in [2.05, 4.69) is 20.1 Å². The van der Waals surface area contributed by atoms with Crippen molar-refractivity contribution in [3.05, 3.63) is 42.0 Å². The van der Waals surface area contributed by atoms with E-state index in [0.717, 1.165) is 0 Å². The molecule has 0 radical (unpaired) electrons. The van der Waals surface area contributed by atoms with E-state index < -0.39 is 18.0 Å². The molecule has 2 heterocycles. The lowest BCUT2D eigenvalue weighted by molar-refractivity contribution is 0.121. The van der Waals surface area contributed by atoms with Gasteiger partial charge in [-0.25, -0.2) is 28.9 Å². The van der Waals surface area contributed by atoms with Crippen LogP contribution in [0, 0.1) is 5.82 Å². The Morgan fingerprint density at radius 1 is 1.31 bits per heavy atom. The summed E-state index contributed by atoms with van der Waals surface area (Å²) in [5, 5.41) is 14.3. The van der Waals surface area contributed by atoms with Gasteiger partial charge >= 0.3 is 12.2 Å². The van der Waals surface area contributed by atoms with Gasteiger partial charge in [-0.15, -0.1) is 0 Å². The molecule has 13 heteroatoms. The summed E-state index contributed by atoms with van der Waals surface area (Å²) in [4.78, 5) is 42.1. The van der Waals surface area contributed by atoms with E-state index in [9.17, 15) is 14.0 Å². The lowest BCUT2D eigenvalue weighted by Gasteiger charge is -2.31. The van der Waals surface area contributed by atoms with Crippen molar-refractivity contribution in [2.75, 3.05) is 32.1 Å². The zero-order valence-corrected chi connectivity index (χ0v) is 17.3. The quantitative estimate of drug-likeness (QED) is 0.269. The lowest BCUT2D eigenvalue weighted by atomic mass is 10.0. The van der Waals surface area contributed by atoms with E-state index in [1.54, 1.807) is 26.2 Å². The van der Waals surface area contributed by atoms with Crippen molar-refractivity contribution in [1.82, 2.24) is 20.2 Å². The highest BCUT2D eigenvalue weighted by molar-refractivity contribution is 5.99. The van der Waals surface area contributed by atoms with Crippen molar-refractivity contribution in [1.29, 1.82) is 0 Å². The molecule has 0 saturated carbocycles. The fourth-order valence-corrected chi connectivity index (χ4v) is 2.65. The van der Waals surface area contributed by atoms with E-state index in [-0.39, 0.29) is 23.6 Å². The van der Waals surface area contributed by atoms with Gasteiger partial charge < -0.3 is 20.6 Å². The number of nitrogens with one attached hydrogen (secondary N) is 1. The summed E-state index contributed by atoms with van der Waals surface area (Å²) >= 11 is 0. The zero-order chi connectivity index (χ0) is 23.3. The molecule has 2 aromatic rings. The number of hydrogen-bond acceptors (Lipinski definition) is 8. The Hall–Kier alpha value is -4.29. The average Bonchev–Trinajstić information content (AvgIpc) is 2.71. The van der Waals surface area contributed by atoms with Gasteiger partial charge in [-0.2, -0.15) is 0 Å². The molecule has 0 aliphatic carbocycles. The summed E-state index contributed by atoms with van der Waals surface area (Å²) in [5.74, 6) is -0.430. The molecule has 32 heavy (non-hydrogen) atoms. The molecule has 0 unspecified atom stereocenters. The number of halogens is 1. The van der Waals surface area contributed by atoms with Crippen LogP contribution >= 0.6 is 0 Å². The number of aromatic nitrogens is 2. The molecule has 0 spiro atoms. The van der Waals surface area contributed by atoms with Gasteiger partial charge in [0.1, 0.15) is 5.82 Å². The molecule has 12 nitrogen and oxygen atoms in total. The molecule has 1 fully saturated rings. The highest BCUT2D eigenvalue weighted by Gasteiger charge is 2.25. The topological polar surface area (TPSA) is 159 Å². The molecule has 0 bridgehead atoms. The number of nitrogens with zero attached hydrogens (tertiary/aromatic N) is 6. The van der Waals surface area contributed by atoms with Crippen LogP contribution in [0.1, 0.15) is 5.56 Å². The molecule has 1 aromatic carbocycles. The molecule has 3 rings (SSSR count). The largest absolute Gasteiger partial charge is 0.465 e. The molecule has 0 atom stereocenters. The maximum absolute atomic E-state index is 14.9. The maximum Gasteiger partial charge on any atom is 0.435 e. The minimum Gasteiger partial charge on any atom is -0.465 e. The van der Waals surface area contributed by atoms with E-state index >= 15 is 0 Å². The fraction of sp³-hybridized carbons (Fsp3) is 0.263. The average molecular weight is 444 g/mol. The van der Waals surface area contributed by atoms with Gasteiger partial charge in [0.05, 0.1) is 25.3 Å². The number of aliphatic imine (C=N–C) groups is 1. The standard InChI is InChI=1S/C19H21FN8O4/c1-27(2)19(31)32-26-13-9-28(10-13)17-23-7-12(8-24-17)14-5-3-4-11(15(14)20)6-22-16(21)25-18(29)30/h3-5,7-8H,6,9-10H2,1-2H3,(H,29,30)(H3,21,22,25). The highest BCUT2D eigenvalue weighted by atomic mass is 19.1. The van der Waals surface area contributed by atoms with E-state index in [4.69, 9.17) is 15.7 Å². The van der Waals surface area contributed by atoms with Gasteiger partial charge in [0.2, 0.25) is 5.95 Å². The van der Waals surface area contributed by atoms with Gasteiger partial charge in [0.15, 0.2) is 5.96 Å². The first-order valence-corrected chi connectivity index (χ1v) is 9.33. The van der Waals surface area contributed by atoms with Gasteiger partial charge in [0.25, 0.3) is 0 Å². The zero-order valence-electron chi connectivity index (χ0n) is 17.3.